The van der Waals surface area contributed by atoms with E-state index < -0.39 is 6.10 Å². The minimum absolute atomic E-state index is 0.639. The Kier molecular flexibility index (Phi) is 4.27. The number of aliphatic hydroxyl groups excluding tert-OH is 1. The third-order valence-corrected chi connectivity index (χ3v) is 4.04. The number of hydrogen-bond donors (Lipinski definition) is 1. The number of methoxy groups -OCH3 is 1. The Bertz CT molecular complexity index is 593. The van der Waals surface area contributed by atoms with E-state index in [1.165, 1.54) is 11.1 Å². The Morgan fingerprint density at radius 3 is 2.37 bits per heavy atom. The van der Waals surface area contributed by atoms with Gasteiger partial charge in [0, 0.05) is 4.47 Å². The molecule has 0 amide bonds. The predicted molar refractivity (Wildman–Crippen MR) is 80.7 cm³/mol. The molecule has 100 valence electrons. The van der Waals surface area contributed by atoms with Crippen LogP contribution in [0.15, 0.2) is 40.9 Å². The highest BCUT2D eigenvalue weighted by molar-refractivity contribution is 9.10. The largest absolute Gasteiger partial charge is 0.497 e. The number of benzene rings is 2. The quantitative estimate of drug-likeness (QED) is 0.920. The van der Waals surface area contributed by atoms with E-state index in [2.05, 4.69) is 29.8 Å². The maximum atomic E-state index is 10.5. The van der Waals surface area contributed by atoms with Gasteiger partial charge in [0.05, 0.1) is 7.11 Å². The Morgan fingerprint density at radius 2 is 1.79 bits per heavy atom. The van der Waals surface area contributed by atoms with Crippen molar-refractivity contribution in [3.05, 3.63) is 63.1 Å². The van der Waals surface area contributed by atoms with Gasteiger partial charge in [-0.1, -0.05) is 40.2 Å². The molecule has 0 saturated carbocycles. The lowest BCUT2D eigenvalue weighted by molar-refractivity contribution is 0.219. The zero-order valence-corrected chi connectivity index (χ0v) is 12.9. The lowest BCUT2D eigenvalue weighted by atomic mass is 9.98. The van der Waals surface area contributed by atoms with Crippen molar-refractivity contribution >= 4 is 15.9 Å². The first-order valence-corrected chi connectivity index (χ1v) is 6.91. The molecule has 0 bridgehead atoms. The predicted octanol–water partition coefficient (Wildman–Crippen LogP) is 4.16. The smallest absolute Gasteiger partial charge is 0.120 e. The topological polar surface area (TPSA) is 29.5 Å². The Balaban J connectivity index is 2.38. The van der Waals surface area contributed by atoms with E-state index in [9.17, 15) is 5.11 Å². The highest BCUT2D eigenvalue weighted by Gasteiger charge is 2.14. The highest BCUT2D eigenvalue weighted by Crippen LogP contribution is 2.31. The minimum atomic E-state index is -0.639. The molecular weight excluding hydrogens is 304 g/mol. The van der Waals surface area contributed by atoms with Crippen LogP contribution in [0.1, 0.15) is 28.4 Å². The Morgan fingerprint density at radius 1 is 1.05 bits per heavy atom. The van der Waals surface area contributed by atoms with Gasteiger partial charge in [0.2, 0.25) is 0 Å². The molecule has 0 aliphatic rings. The molecule has 0 heterocycles. The molecule has 2 aromatic carbocycles. The molecule has 2 nitrogen and oxygen atoms in total. The van der Waals surface area contributed by atoms with E-state index in [1.54, 1.807) is 7.11 Å². The first-order chi connectivity index (χ1) is 9.02. The van der Waals surface area contributed by atoms with Crippen LogP contribution in [0.3, 0.4) is 0 Å². The van der Waals surface area contributed by atoms with Gasteiger partial charge in [-0.15, -0.1) is 0 Å². The average Bonchev–Trinajstić information content (AvgIpc) is 2.41. The molecule has 0 radical (unpaired) electrons. The van der Waals surface area contributed by atoms with Gasteiger partial charge in [-0.2, -0.15) is 0 Å². The summed E-state index contributed by atoms with van der Waals surface area (Å²) in [6, 6.07) is 11.6. The molecule has 0 saturated heterocycles. The van der Waals surface area contributed by atoms with Gasteiger partial charge in [-0.05, 0) is 48.2 Å². The average molecular weight is 321 g/mol. The normalized spacial score (nSPS) is 12.3. The van der Waals surface area contributed by atoms with Crippen molar-refractivity contribution in [2.75, 3.05) is 7.11 Å². The second-order valence-electron chi connectivity index (χ2n) is 4.63. The van der Waals surface area contributed by atoms with Crippen LogP contribution in [-0.4, -0.2) is 12.2 Å². The zero-order valence-electron chi connectivity index (χ0n) is 11.3. The summed E-state index contributed by atoms with van der Waals surface area (Å²) < 4.78 is 6.00. The molecule has 1 atom stereocenters. The van der Waals surface area contributed by atoms with Crippen molar-refractivity contribution in [1.29, 1.82) is 0 Å². The third kappa shape index (κ3) is 2.99. The number of aryl methyl sites for hydroxylation is 2. The van der Waals surface area contributed by atoms with E-state index in [4.69, 9.17) is 4.74 Å². The molecule has 0 aliphatic carbocycles. The van der Waals surface area contributed by atoms with Gasteiger partial charge in [-0.25, -0.2) is 0 Å². The maximum Gasteiger partial charge on any atom is 0.120 e. The van der Waals surface area contributed by atoms with E-state index in [1.807, 2.05) is 36.4 Å². The molecule has 1 unspecified atom stereocenters. The fraction of sp³-hybridized carbons (Fsp3) is 0.250. The van der Waals surface area contributed by atoms with Crippen LogP contribution >= 0.6 is 15.9 Å². The molecule has 19 heavy (non-hydrogen) atoms. The molecule has 2 rings (SSSR count). The van der Waals surface area contributed by atoms with Gasteiger partial charge in [0.15, 0.2) is 0 Å². The van der Waals surface area contributed by atoms with Crippen LogP contribution in [0.4, 0.5) is 0 Å². The number of hydrogen-bond acceptors (Lipinski definition) is 2. The Labute approximate surface area is 122 Å². The monoisotopic (exact) mass is 320 g/mol. The molecule has 1 N–H and O–H groups in total. The van der Waals surface area contributed by atoms with Crippen molar-refractivity contribution in [3.8, 4) is 5.75 Å². The van der Waals surface area contributed by atoms with Crippen molar-refractivity contribution in [1.82, 2.24) is 0 Å². The van der Waals surface area contributed by atoms with Crippen LogP contribution in [0.25, 0.3) is 0 Å². The van der Waals surface area contributed by atoms with E-state index in [0.29, 0.717) is 0 Å². The summed E-state index contributed by atoms with van der Waals surface area (Å²) in [6.07, 6.45) is -0.639. The van der Waals surface area contributed by atoms with E-state index in [0.717, 1.165) is 21.3 Å². The van der Waals surface area contributed by atoms with Gasteiger partial charge >= 0.3 is 0 Å². The van der Waals surface area contributed by atoms with E-state index in [-0.39, 0.29) is 0 Å². The van der Waals surface area contributed by atoms with Gasteiger partial charge in [0.25, 0.3) is 0 Å². The summed E-state index contributed by atoms with van der Waals surface area (Å²) in [5.74, 6) is 0.767. The first-order valence-electron chi connectivity index (χ1n) is 6.11. The summed E-state index contributed by atoms with van der Waals surface area (Å²) >= 11 is 3.48. The first kappa shape index (κ1) is 14.1. The summed E-state index contributed by atoms with van der Waals surface area (Å²) in [6.45, 7) is 4.11. The number of halogens is 1. The highest BCUT2D eigenvalue weighted by atomic mass is 79.9. The molecule has 0 aliphatic heterocycles. The fourth-order valence-corrected chi connectivity index (χ4v) is 2.55. The maximum absolute atomic E-state index is 10.5. The second kappa shape index (κ2) is 5.76. The Hall–Kier alpha value is -1.32. The zero-order chi connectivity index (χ0) is 14.0. The molecule has 3 heteroatoms. The van der Waals surface area contributed by atoms with Crippen LogP contribution in [0.2, 0.25) is 0 Å². The van der Waals surface area contributed by atoms with Crippen molar-refractivity contribution in [3.63, 3.8) is 0 Å². The van der Waals surface area contributed by atoms with Crippen LogP contribution in [-0.2, 0) is 0 Å². The van der Waals surface area contributed by atoms with Gasteiger partial charge in [-0.3, -0.25) is 0 Å². The van der Waals surface area contributed by atoms with Crippen molar-refractivity contribution < 1.29 is 9.84 Å². The summed E-state index contributed by atoms with van der Waals surface area (Å²) in [7, 11) is 1.63. The molecule has 0 spiro atoms. The standard InChI is InChI=1S/C16H17BrO2/c1-10-4-5-12(8-11(10)2)16(18)14-7-6-13(19-3)9-15(14)17/h4-9,16,18H,1-3H3. The molecular formula is C16H17BrO2. The lowest BCUT2D eigenvalue weighted by Gasteiger charge is -2.15. The number of rotatable bonds is 3. The van der Waals surface area contributed by atoms with E-state index >= 15 is 0 Å². The third-order valence-electron chi connectivity index (χ3n) is 3.35. The minimum Gasteiger partial charge on any atom is -0.497 e. The number of aliphatic hydroxyl groups is 1. The molecule has 2 aromatic rings. The molecule has 0 aromatic heterocycles. The summed E-state index contributed by atoms with van der Waals surface area (Å²) in [5.41, 5.74) is 4.14. The number of ether oxygens (including phenoxy) is 1. The summed E-state index contributed by atoms with van der Waals surface area (Å²) in [5, 5.41) is 10.5. The lowest BCUT2D eigenvalue weighted by Crippen LogP contribution is -2.02. The van der Waals surface area contributed by atoms with Crippen LogP contribution in [0.5, 0.6) is 5.75 Å². The summed E-state index contributed by atoms with van der Waals surface area (Å²) in [4.78, 5) is 0. The van der Waals surface area contributed by atoms with Gasteiger partial charge < -0.3 is 9.84 Å². The van der Waals surface area contributed by atoms with Crippen LogP contribution < -0.4 is 4.74 Å². The molecule has 0 fully saturated rings. The second-order valence-corrected chi connectivity index (χ2v) is 5.49. The van der Waals surface area contributed by atoms with Crippen LogP contribution in [0, 0.1) is 13.8 Å². The van der Waals surface area contributed by atoms with Crippen molar-refractivity contribution in [2.24, 2.45) is 0 Å². The van der Waals surface area contributed by atoms with Crippen molar-refractivity contribution in [2.45, 2.75) is 20.0 Å². The fourth-order valence-electron chi connectivity index (χ4n) is 1.97. The van der Waals surface area contributed by atoms with Gasteiger partial charge in [0.1, 0.15) is 11.9 Å². The SMILES string of the molecule is COc1ccc(C(O)c2ccc(C)c(C)c2)c(Br)c1.